The van der Waals surface area contributed by atoms with E-state index in [0.717, 1.165) is 5.56 Å². The molecule has 0 fully saturated rings. The molecule has 4 rings (SSSR count). The molecule has 37 heavy (non-hydrogen) atoms. The Morgan fingerprint density at radius 3 is 2.05 bits per heavy atom. The van der Waals surface area contributed by atoms with Gasteiger partial charge in [0.15, 0.2) is 5.76 Å². The van der Waals surface area contributed by atoms with Crippen molar-refractivity contribution in [3.05, 3.63) is 126 Å². The van der Waals surface area contributed by atoms with Crippen LogP contribution in [0.4, 0.5) is 5.69 Å². The molecule has 4 N–H and O–H groups in total. The molecule has 0 bridgehead atoms. The van der Waals surface area contributed by atoms with Gasteiger partial charge in [0.25, 0.3) is 17.7 Å². The molecule has 186 valence electrons. The monoisotopic (exact) mass is 496 g/mol. The number of amides is 4. The average molecular weight is 497 g/mol. The van der Waals surface area contributed by atoms with Gasteiger partial charge in [0, 0.05) is 12.0 Å². The highest BCUT2D eigenvalue weighted by molar-refractivity contribution is 6.09. The molecule has 9 heteroatoms. The molecule has 1 heterocycles. The zero-order chi connectivity index (χ0) is 26.0. The molecule has 0 saturated carbocycles. The van der Waals surface area contributed by atoms with Crippen LogP contribution < -0.4 is 21.5 Å². The van der Waals surface area contributed by atoms with Crippen LogP contribution in [0.2, 0.25) is 0 Å². The molecule has 0 unspecified atom stereocenters. The number of furan rings is 1. The third kappa shape index (κ3) is 6.70. The van der Waals surface area contributed by atoms with Crippen LogP contribution in [0.1, 0.15) is 36.8 Å². The first-order chi connectivity index (χ1) is 18.0. The summed E-state index contributed by atoms with van der Waals surface area (Å²) in [6.07, 6.45) is 1.50. The molecule has 4 amide bonds. The third-order valence-electron chi connectivity index (χ3n) is 5.40. The molecule has 0 spiro atoms. The summed E-state index contributed by atoms with van der Waals surface area (Å²) in [6, 6.07) is 26.2. The Hall–Kier alpha value is -5.18. The van der Waals surface area contributed by atoms with Crippen LogP contribution in [0.25, 0.3) is 0 Å². The number of benzene rings is 3. The van der Waals surface area contributed by atoms with Crippen LogP contribution in [0.3, 0.4) is 0 Å². The van der Waals surface area contributed by atoms with Crippen molar-refractivity contribution in [3.8, 4) is 0 Å². The van der Waals surface area contributed by atoms with Gasteiger partial charge in [0.05, 0.1) is 17.5 Å². The molecule has 0 radical (unpaired) electrons. The molecule has 4 aromatic rings. The quantitative estimate of drug-likeness (QED) is 0.278. The number of hydrogen-bond donors (Lipinski definition) is 4. The van der Waals surface area contributed by atoms with Gasteiger partial charge in [-0.1, -0.05) is 60.7 Å². The van der Waals surface area contributed by atoms with Crippen molar-refractivity contribution in [1.82, 2.24) is 16.2 Å². The van der Waals surface area contributed by atoms with E-state index in [4.69, 9.17) is 4.42 Å². The molecule has 0 aliphatic heterocycles. The Morgan fingerprint density at radius 1 is 0.676 bits per heavy atom. The highest BCUT2D eigenvalue weighted by Gasteiger charge is 2.24. The van der Waals surface area contributed by atoms with Gasteiger partial charge in [-0.3, -0.25) is 30.0 Å². The van der Waals surface area contributed by atoms with Gasteiger partial charge in [-0.15, -0.1) is 0 Å². The van der Waals surface area contributed by atoms with E-state index >= 15 is 0 Å². The first-order valence-electron chi connectivity index (χ1n) is 11.4. The summed E-state index contributed by atoms with van der Waals surface area (Å²) >= 11 is 0. The summed E-state index contributed by atoms with van der Waals surface area (Å²) in [4.78, 5) is 51.1. The smallest absolute Gasteiger partial charge is 0.305 e. The van der Waals surface area contributed by atoms with E-state index in [2.05, 4.69) is 21.5 Å². The number of carbonyl (C=O) groups excluding carboxylic acids is 4. The maximum atomic E-state index is 13.3. The number of rotatable bonds is 8. The summed E-state index contributed by atoms with van der Waals surface area (Å²) in [5.41, 5.74) is 6.31. The fourth-order valence-corrected chi connectivity index (χ4v) is 3.54. The fraction of sp³-hybridized carbons (Fsp3) is 0.0714. The second-order valence-electron chi connectivity index (χ2n) is 8.00. The molecule has 0 aliphatic rings. The third-order valence-corrected chi connectivity index (χ3v) is 5.40. The van der Waals surface area contributed by atoms with Crippen molar-refractivity contribution in [3.63, 3.8) is 0 Å². The molecule has 0 aliphatic carbocycles. The molecule has 1 aromatic heterocycles. The van der Waals surface area contributed by atoms with Crippen LogP contribution in [0.15, 0.2) is 108 Å². The van der Waals surface area contributed by atoms with Gasteiger partial charge in [-0.25, -0.2) is 0 Å². The number of carbonyl (C=O) groups is 4. The van der Waals surface area contributed by atoms with E-state index in [0.29, 0.717) is 11.3 Å². The predicted octanol–water partition coefficient (Wildman–Crippen LogP) is 3.33. The van der Waals surface area contributed by atoms with E-state index in [-0.39, 0.29) is 23.7 Å². The lowest BCUT2D eigenvalue weighted by Crippen LogP contribution is -2.53. The van der Waals surface area contributed by atoms with Crippen LogP contribution >= 0.6 is 0 Å². The first-order valence-corrected chi connectivity index (χ1v) is 11.4. The van der Waals surface area contributed by atoms with Crippen molar-refractivity contribution in [1.29, 1.82) is 0 Å². The normalized spacial score (nSPS) is 11.1. The molecule has 3 aromatic carbocycles. The number of para-hydroxylation sites is 1. The predicted molar refractivity (Wildman–Crippen MR) is 137 cm³/mol. The number of anilines is 1. The Kier molecular flexibility index (Phi) is 8.07. The lowest BCUT2D eigenvalue weighted by molar-refractivity contribution is -0.123. The van der Waals surface area contributed by atoms with Gasteiger partial charge in [0.1, 0.15) is 6.04 Å². The van der Waals surface area contributed by atoms with Gasteiger partial charge in [-0.2, -0.15) is 0 Å². The van der Waals surface area contributed by atoms with E-state index in [1.807, 2.05) is 30.3 Å². The Bertz CT molecular complexity index is 1370. The topological polar surface area (TPSA) is 130 Å². The van der Waals surface area contributed by atoms with Crippen molar-refractivity contribution in [2.75, 3.05) is 5.32 Å². The summed E-state index contributed by atoms with van der Waals surface area (Å²) in [6.45, 7) is 0. The number of hydrazine groups is 1. The molecular weight excluding hydrogens is 472 g/mol. The second-order valence-corrected chi connectivity index (χ2v) is 8.00. The van der Waals surface area contributed by atoms with Gasteiger partial charge in [0.2, 0.25) is 0 Å². The minimum Gasteiger partial charge on any atom is -0.459 e. The minimum absolute atomic E-state index is 0.0204. The Labute approximate surface area is 212 Å². The van der Waals surface area contributed by atoms with Gasteiger partial charge >= 0.3 is 5.91 Å². The maximum Gasteiger partial charge on any atom is 0.305 e. The zero-order valence-corrected chi connectivity index (χ0v) is 19.6. The van der Waals surface area contributed by atoms with Crippen molar-refractivity contribution < 1.29 is 23.6 Å². The highest BCUT2D eigenvalue weighted by atomic mass is 16.3. The first kappa shape index (κ1) is 24.9. The van der Waals surface area contributed by atoms with Crippen molar-refractivity contribution in [2.45, 2.75) is 12.5 Å². The number of nitrogens with one attached hydrogen (secondary N) is 4. The summed E-state index contributed by atoms with van der Waals surface area (Å²) in [7, 11) is 0. The molecular formula is C28H24N4O5. The maximum absolute atomic E-state index is 13.3. The van der Waals surface area contributed by atoms with E-state index in [1.165, 1.54) is 12.3 Å². The minimum atomic E-state index is -1.04. The SMILES string of the molecule is O=C(Nc1ccccc1C(=O)N[C@@H](Cc1ccccc1)C(=O)NNC(=O)c1ccco1)c1ccccc1. The average Bonchev–Trinajstić information content (AvgIpc) is 3.48. The standard InChI is InChI=1S/C28H24N4O5/c33-25(20-12-5-2-6-13-20)29-22-15-8-7-14-21(22)26(34)30-23(18-19-10-3-1-4-11-19)27(35)31-32-28(36)24-16-9-17-37-24/h1-17,23H,18H2,(H,29,33)(H,30,34)(H,31,35)(H,32,36)/t23-/m0/s1. The second kappa shape index (κ2) is 12.0. The lowest BCUT2D eigenvalue weighted by Gasteiger charge is -2.20. The zero-order valence-electron chi connectivity index (χ0n) is 19.6. The van der Waals surface area contributed by atoms with Crippen LogP contribution in [0, 0.1) is 0 Å². The summed E-state index contributed by atoms with van der Waals surface area (Å²) < 4.78 is 5.02. The lowest BCUT2D eigenvalue weighted by atomic mass is 10.0. The highest BCUT2D eigenvalue weighted by Crippen LogP contribution is 2.17. The molecule has 9 nitrogen and oxygen atoms in total. The Balaban J connectivity index is 1.49. The molecule has 1 atom stereocenters. The van der Waals surface area contributed by atoms with Crippen LogP contribution in [-0.4, -0.2) is 29.7 Å². The largest absolute Gasteiger partial charge is 0.459 e. The van der Waals surface area contributed by atoms with E-state index in [9.17, 15) is 19.2 Å². The van der Waals surface area contributed by atoms with Gasteiger partial charge < -0.3 is 15.1 Å². The summed E-state index contributed by atoms with van der Waals surface area (Å²) in [5, 5.41) is 5.46. The van der Waals surface area contributed by atoms with E-state index < -0.39 is 23.8 Å². The molecule has 0 saturated heterocycles. The van der Waals surface area contributed by atoms with Gasteiger partial charge in [-0.05, 0) is 42.0 Å². The summed E-state index contributed by atoms with van der Waals surface area (Å²) in [5.74, 6) is -2.20. The van der Waals surface area contributed by atoms with Crippen molar-refractivity contribution >= 4 is 29.3 Å². The Morgan fingerprint density at radius 2 is 1.35 bits per heavy atom. The number of hydrogen-bond acceptors (Lipinski definition) is 5. The van der Waals surface area contributed by atoms with E-state index in [1.54, 1.807) is 60.7 Å². The van der Waals surface area contributed by atoms with Crippen LogP contribution in [-0.2, 0) is 11.2 Å². The fourth-order valence-electron chi connectivity index (χ4n) is 3.54. The van der Waals surface area contributed by atoms with Crippen LogP contribution in [0.5, 0.6) is 0 Å². The van der Waals surface area contributed by atoms with Crippen molar-refractivity contribution in [2.24, 2.45) is 0 Å².